The Morgan fingerprint density at radius 2 is 1.52 bits per heavy atom. The quantitative estimate of drug-likeness (QED) is 0.929. The normalized spacial score (nSPS) is 16.0. The molecule has 0 bridgehead atoms. The molecule has 0 radical (unpaired) electrons. The van der Waals surface area contributed by atoms with Gasteiger partial charge in [-0.15, -0.1) is 0 Å². The van der Waals surface area contributed by atoms with Gasteiger partial charge >= 0.3 is 0 Å². The fourth-order valence-corrected chi connectivity index (χ4v) is 2.84. The van der Waals surface area contributed by atoms with Crippen LogP contribution in [0.1, 0.15) is 5.56 Å². The minimum Gasteiger partial charge on any atom is -0.388 e. The number of nitrogens with one attached hydrogen (secondary N) is 1. The van der Waals surface area contributed by atoms with Gasteiger partial charge in [-0.3, -0.25) is 4.90 Å². The van der Waals surface area contributed by atoms with Crippen molar-refractivity contribution < 1.29 is 0 Å². The first kappa shape index (κ1) is 14.0. The van der Waals surface area contributed by atoms with Crippen LogP contribution in [-0.4, -0.2) is 38.1 Å². The third-order valence-corrected chi connectivity index (χ3v) is 4.14. The van der Waals surface area contributed by atoms with E-state index in [1.54, 1.807) is 0 Å². The second-order valence-corrected chi connectivity index (χ2v) is 5.55. The summed E-state index contributed by atoms with van der Waals surface area (Å²) in [5, 5.41) is 3.16. The van der Waals surface area contributed by atoms with Gasteiger partial charge in [-0.25, -0.2) is 0 Å². The topological polar surface area (TPSA) is 18.5 Å². The van der Waals surface area contributed by atoms with Crippen LogP contribution in [-0.2, 0) is 6.54 Å². The van der Waals surface area contributed by atoms with Gasteiger partial charge < -0.3 is 10.2 Å². The van der Waals surface area contributed by atoms with Crippen LogP contribution in [0.5, 0.6) is 0 Å². The first-order valence-corrected chi connectivity index (χ1v) is 7.64. The molecule has 1 aliphatic rings. The van der Waals surface area contributed by atoms with E-state index in [1.165, 1.54) is 16.9 Å². The Kier molecular flexibility index (Phi) is 4.41. The highest BCUT2D eigenvalue weighted by molar-refractivity contribution is 5.55. The van der Waals surface area contributed by atoms with Crippen LogP contribution in [0, 0.1) is 0 Å². The molecule has 0 aromatic heterocycles. The van der Waals surface area contributed by atoms with Crippen LogP contribution in [0.2, 0.25) is 0 Å². The summed E-state index contributed by atoms with van der Waals surface area (Å²) in [6.45, 7) is 5.52. The number of benzene rings is 2. The molecule has 0 amide bonds. The van der Waals surface area contributed by atoms with Crippen molar-refractivity contribution in [2.45, 2.75) is 6.54 Å². The van der Waals surface area contributed by atoms with E-state index in [2.05, 4.69) is 69.7 Å². The number of hydrogen-bond donors (Lipinski definition) is 1. The van der Waals surface area contributed by atoms with E-state index in [0.29, 0.717) is 0 Å². The fraction of sp³-hybridized carbons (Fsp3) is 0.333. The number of rotatable bonds is 4. The van der Waals surface area contributed by atoms with Crippen molar-refractivity contribution in [2.75, 3.05) is 43.4 Å². The molecule has 3 rings (SSSR count). The minimum absolute atomic E-state index is 1.06. The Morgan fingerprint density at radius 3 is 2.14 bits per heavy atom. The molecule has 1 heterocycles. The van der Waals surface area contributed by atoms with Gasteiger partial charge in [-0.05, 0) is 29.8 Å². The zero-order valence-electron chi connectivity index (χ0n) is 12.6. The van der Waals surface area contributed by atoms with Gasteiger partial charge in [0.1, 0.15) is 0 Å². The monoisotopic (exact) mass is 281 g/mol. The Labute approximate surface area is 127 Å². The minimum atomic E-state index is 1.06. The molecule has 0 unspecified atom stereocenters. The Bertz CT molecular complexity index is 542. The highest BCUT2D eigenvalue weighted by Gasteiger charge is 2.17. The molecular weight excluding hydrogens is 258 g/mol. The van der Waals surface area contributed by atoms with Crippen LogP contribution in [0.4, 0.5) is 11.4 Å². The lowest BCUT2D eigenvalue weighted by Gasteiger charge is -2.36. The molecule has 0 aliphatic carbocycles. The molecule has 110 valence electrons. The summed E-state index contributed by atoms with van der Waals surface area (Å²) in [5.74, 6) is 0. The highest BCUT2D eigenvalue weighted by atomic mass is 15.3. The smallest absolute Gasteiger partial charge is 0.0368 e. The van der Waals surface area contributed by atoms with Crippen molar-refractivity contribution in [1.29, 1.82) is 0 Å². The van der Waals surface area contributed by atoms with Crippen LogP contribution in [0.3, 0.4) is 0 Å². The van der Waals surface area contributed by atoms with E-state index in [0.717, 1.165) is 32.7 Å². The predicted octanol–water partition coefficient (Wildman–Crippen LogP) is 3.05. The van der Waals surface area contributed by atoms with Gasteiger partial charge in [0.2, 0.25) is 0 Å². The van der Waals surface area contributed by atoms with Crippen molar-refractivity contribution in [3.63, 3.8) is 0 Å². The van der Waals surface area contributed by atoms with Gasteiger partial charge in [0.05, 0.1) is 0 Å². The SMILES string of the molecule is CNc1ccc(N2CCN(Cc3ccccc3)CC2)cc1. The third kappa shape index (κ3) is 3.56. The molecule has 1 fully saturated rings. The Morgan fingerprint density at radius 1 is 0.857 bits per heavy atom. The van der Waals surface area contributed by atoms with Crippen LogP contribution >= 0.6 is 0 Å². The predicted molar refractivity (Wildman–Crippen MR) is 89.9 cm³/mol. The van der Waals surface area contributed by atoms with Crippen LogP contribution in [0.15, 0.2) is 54.6 Å². The average molecular weight is 281 g/mol. The molecule has 2 aromatic rings. The first-order valence-electron chi connectivity index (χ1n) is 7.64. The number of nitrogens with zero attached hydrogens (tertiary/aromatic N) is 2. The number of piperazine rings is 1. The fourth-order valence-electron chi connectivity index (χ4n) is 2.84. The van der Waals surface area contributed by atoms with Gasteiger partial charge in [0.25, 0.3) is 0 Å². The highest BCUT2D eigenvalue weighted by Crippen LogP contribution is 2.19. The van der Waals surface area contributed by atoms with Crippen LogP contribution in [0.25, 0.3) is 0 Å². The van der Waals surface area contributed by atoms with Gasteiger partial charge in [-0.2, -0.15) is 0 Å². The van der Waals surface area contributed by atoms with Crippen molar-refractivity contribution in [1.82, 2.24) is 4.90 Å². The lowest BCUT2D eigenvalue weighted by molar-refractivity contribution is 0.250. The average Bonchev–Trinajstić information content (AvgIpc) is 2.57. The summed E-state index contributed by atoms with van der Waals surface area (Å²) in [6, 6.07) is 19.4. The molecular formula is C18H23N3. The van der Waals surface area contributed by atoms with E-state index in [4.69, 9.17) is 0 Å². The first-order chi connectivity index (χ1) is 10.3. The Hall–Kier alpha value is -2.00. The zero-order chi connectivity index (χ0) is 14.5. The van der Waals surface area contributed by atoms with E-state index in [9.17, 15) is 0 Å². The lowest BCUT2D eigenvalue weighted by atomic mass is 10.2. The zero-order valence-corrected chi connectivity index (χ0v) is 12.6. The molecule has 1 N–H and O–H groups in total. The molecule has 1 aliphatic heterocycles. The standard InChI is InChI=1S/C18H23N3/c1-19-17-7-9-18(10-8-17)21-13-11-20(12-14-21)15-16-5-3-2-4-6-16/h2-10,19H,11-15H2,1H3. The van der Waals surface area contributed by atoms with Crippen molar-refractivity contribution >= 4 is 11.4 Å². The van der Waals surface area contributed by atoms with Crippen molar-refractivity contribution in [3.05, 3.63) is 60.2 Å². The van der Waals surface area contributed by atoms with Crippen molar-refractivity contribution in [2.24, 2.45) is 0 Å². The second kappa shape index (κ2) is 6.64. The molecule has 0 spiro atoms. The maximum Gasteiger partial charge on any atom is 0.0368 e. The molecule has 21 heavy (non-hydrogen) atoms. The maximum absolute atomic E-state index is 3.16. The maximum atomic E-state index is 3.16. The summed E-state index contributed by atoms with van der Waals surface area (Å²) in [6.07, 6.45) is 0. The van der Waals surface area contributed by atoms with Crippen LogP contribution < -0.4 is 10.2 Å². The number of hydrogen-bond acceptors (Lipinski definition) is 3. The molecule has 0 saturated carbocycles. The molecule has 3 nitrogen and oxygen atoms in total. The largest absolute Gasteiger partial charge is 0.388 e. The molecule has 3 heteroatoms. The molecule has 1 saturated heterocycles. The lowest BCUT2D eigenvalue weighted by Crippen LogP contribution is -2.45. The third-order valence-electron chi connectivity index (χ3n) is 4.14. The van der Waals surface area contributed by atoms with Gasteiger partial charge in [0.15, 0.2) is 0 Å². The number of anilines is 2. The summed E-state index contributed by atoms with van der Waals surface area (Å²) < 4.78 is 0. The molecule has 0 atom stereocenters. The van der Waals surface area contributed by atoms with Gasteiger partial charge in [-0.1, -0.05) is 30.3 Å². The van der Waals surface area contributed by atoms with Crippen molar-refractivity contribution in [3.8, 4) is 0 Å². The summed E-state index contributed by atoms with van der Waals surface area (Å²) >= 11 is 0. The van der Waals surface area contributed by atoms with E-state index in [1.807, 2.05) is 7.05 Å². The van der Waals surface area contributed by atoms with E-state index in [-0.39, 0.29) is 0 Å². The van der Waals surface area contributed by atoms with E-state index >= 15 is 0 Å². The second-order valence-electron chi connectivity index (χ2n) is 5.55. The molecule has 2 aromatic carbocycles. The van der Waals surface area contributed by atoms with E-state index < -0.39 is 0 Å². The van der Waals surface area contributed by atoms with Gasteiger partial charge in [0, 0.05) is 51.1 Å². The summed E-state index contributed by atoms with van der Waals surface area (Å²) in [5.41, 5.74) is 3.90. The summed E-state index contributed by atoms with van der Waals surface area (Å²) in [7, 11) is 1.96. The summed E-state index contributed by atoms with van der Waals surface area (Å²) in [4.78, 5) is 5.01. The Balaban J connectivity index is 1.54.